The molecule has 4 aromatic rings. The minimum Gasteiger partial charge on any atom is -0.756 e. The Kier molecular flexibility index (Phi) is 11.5. The standard InChI is InChI=1S/C30H33F2N7O14P2S/c1-14(2)48-30(42)49-16-5-3-15(4-6-16)11-56-55(45)47-9-17-20(31)24(28(50-17)39-13-36-22-25(33)34-12-35-26(22)39)52-54(43,44)46-10-18-23(53-55)21(32)27(51-18)38-8-7-19(40)37-29(38)41/h3-8,12-14,17-18,20-21,23-24,27-28H,9-11H2,1-2H3,(H,43,44)(H2,33,34,35)(H,37,40,41)/p-1/t17-,18-,20-,21-,23-,24-,27-,28-,55?/m1/s1. The number of aromatic amines is 1. The van der Waals surface area contributed by atoms with Crippen LogP contribution in [-0.4, -0.2) is 91.3 Å². The van der Waals surface area contributed by atoms with Crippen LogP contribution in [0.1, 0.15) is 31.9 Å². The third-order valence-corrected chi connectivity index (χ3v) is 13.1. The van der Waals surface area contributed by atoms with Crippen molar-refractivity contribution in [3.63, 3.8) is 0 Å². The molecule has 2 bridgehead atoms. The van der Waals surface area contributed by atoms with Crippen LogP contribution >= 0.6 is 26.0 Å². The molecular weight excluding hydrogens is 814 g/mol. The monoisotopic (exact) mass is 846 g/mol. The number of imidazole rings is 1. The molecule has 0 amide bonds. The maximum atomic E-state index is 16.3. The Morgan fingerprint density at radius 3 is 2.46 bits per heavy atom. The van der Waals surface area contributed by atoms with Gasteiger partial charge in [0, 0.05) is 18.0 Å². The molecule has 26 heteroatoms. The number of halogens is 2. The van der Waals surface area contributed by atoms with Crippen molar-refractivity contribution in [2.45, 2.75) is 74.9 Å². The van der Waals surface area contributed by atoms with E-state index in [1.165, 1.54) is 24.3 Å². The fraction of sp³-hybridized carbons (Fsp3) is 0.467. The lowest BCUT2D eigenvalue weighted by molar-refractivity contribution is -0.236. The Morgan fingerprint density at radius 1 is 1.00 bits per heavy atom. The van der Waals surface area contributed by atoms with E-state index < -0.39 is 101 Å². The Bertz CT molecular complexity index is 2300. The zero-order valence-electron chi connectivity index (χ0n) is 29.0. The molecule has 0 radical (unpaired) electrons. The van der Waals surface area contributed by atoms with Gasteiger partial charge >= 0.3 is 18.6 Å². The van der Waals surface area contributed by atoms with Crippen molar-refractivity contribution >= 4 is 49.1 Å². The molecule has 3 saturated heterocycles. The van der Waals surface area contributed by atoms with Gasteiger partial charge in [0.05, 0.1) is 25.6 Å². The van der Waals surface area contributed by atoms with Gasteiger partial charge in [-0.05, 0) is 42.9 Å². The number of phosphoric acid groups is 1. The molecular formula is C30H32F2N7O14P2S-. The third-order valence-electron chi connectivity index (χ3n) is 8.46. The number of benzene rings is 1. The normalized spacial score (nSPS) is 32.3. The van der Waals surface area contributed by atoms with E-state index in [-0.39, 0.29) is 28.5 Å². The number of nitrogens with zero attached hydrogens (tertiary/aromatic N) is 5. The molecule has 1 aromatic carbocycles. The van der Waals surface area contributed by atoms with Crippen molar-refractivity contribution in [3.05, 3.63) is 75.6 Å². The molecule has 0 saturated carbocycles. The highest BCUT2D eigenvalue weighted by atomic mass is 32.7. The van der Waals surface area contributed by atoms with Gasteiger partial charge in [-0.1, -0.05) is 12.1 Å². The Hall–Kier alpha value is -4.09. The number of fused-ring (bicyclic) bond motifs is 4. The van der Waals surface area contributed by atoms with Crippen molar-refractivity contribution < 1.29 is 64.6 Å². The molecule has 10 atom stereocenters. The molecule has 0 spiro atoms. The molecule has 6 heterocycles. The van der Waals surface area contributed by atoms with E-state index in [1.54, 1.807) is 13.8 Å². The van der Waals surface area contributed by atoms with Gasteiger partial charge in [-0.15, -0.1) is 0 Å². The molecule has 3 aliphatic heterocycles. The molecule has 3 aromatic heterocycles. The van der Waals surface area contributed by atoms with Crippen LogP contribution in [0.2, 0.25) is 0 Å². The zero-order chi connectivity index (χ0) is 39.9. The first kappa shape index (κ1) is 40.1. The Morgan fingerprint density at radius 2 is 1.73 bits per heavy atom. The number of rotatable bonds is 7. The third kappa shape index (κ3) is 8.59. The molecule has 56 heavy (non-hydrogen) atoms. The van der Waals surface area contributed by atoms with Crippen LogP contribution in [0.25, 0.3) is 11.2 Å². The number of H-pyrrole nitrogens is 1. The van der Waals surface area contributed by atoms with Crippen molar-refractivity contribution in [1.29, 1.82) is 0 Å². The van der Waals surface area contributed by atoms with Crippen LogP contribution in [0.4, 0.5) is 19.4 Å². The fourth-order valence-electron chi connectivity index (χ4n) is 5.90. The van der Waals surface area contributed by atoms with Gasteiger partial charge in [0.25, 0.3) is 13.4 Å². The first-order chi connectivity index (χ1) is 26.6. The number of carbonyl (C=O) groups excluding carboxylic acids is 1. The lowest BCUT2D eigenvalue weighted by atomic mass is 10.1. The van der Waals surface area contributed by atoms with E-state index in [0.29, 0.717) is 21.5 Å². The number of nitrogens with one attached hydrogen (secondary N) is 1. The highest BCUT2D eigenvalue weighted by molar-refractivity contribution is 8.54. The van der Waals surface area contributed by atoms with E-state index in [2.05, 4.69) is 15.0 Å². The topological polar surface area (TPSA) is 273 Å². The van der Waals surface area contributed by atoms with Crippen molar-refractivity contribution in [2.75, 3.05) is 18.9 Å². The van der Waals surface area contributed by atoms with Crippen LogP contribution in [0.3, 0.4) is 0 Å². The largest absolute Gasteiger partial charge is 0.756 e. The number of nitrogen functional groups attached to an aromatic ring is 1. The quantitative estimate of drug-likeness (QED) is 0.154. The highest BCUT2D eigenvalue weighted by Crippen LogP contribution is 2.64. The number of anilines is 1. The first-order valence-corrected chi connectivity index (χ1v) is 21.2. The van der Waals surface area contributed by atoms with Gasteiger partial charge in [-0.3, -0.25) is 32.5 Å². The smallest absolute Gasteiger partial charge is 0.514 e. The summed E-state index contributed by atoms with van der Waals surface area (Å²) in [5.74, 6) is -0.0413. The van der Waals surface area contributed by atoms with Crippen LogP contribution < -0.4 is 26.6 Å². The summed E-state index contributed by atoms with van der Waals surface area (Å²) in [5.41, 5.74) is 4.62. The summed E-state index contributed by atoms with van der Waals surface area (Å²) in [7, 11) is -5.52. The molecule has 3 aliphatic rings. The summed E-state index contributed by atoms with van der Waals surface area (Å²) < 4.78 is 106. The predicted molar refractivity (Wildman–Crippen MR) is 186 cm³/mol. The lowest BCUT2D eigenvalue weighted by Gasteiger charge is -2.31. The lowest BCUT2D eigenvalue weighted by Crippen LogP contribution is -2.36. The van der Waals surface area contributed by atoms with Crippen LogP contribution in [-0.2, 0) is 47.2 Å². The number of alkyl halides is 2. The van der Waals surface area contributed by atoms with Gasteiger partial charge in [0.1, 0.15) is 42.0 Å². The molecule has 21 nitrogen and oxygen atoms in total. The number of nitrogens with two attached hydrogens (primary N) is 1. The van der Waals surface area contributed by atoms with Crippen molar-refractivity contribution in [3.8, 4) is 5.75 Å². The molecule has 3 fully saturated rings. The van der Waals surface area contributed by atoms with E-state index in [0.717, 1.165) is 29.5 Å². The maximum absolute atomic E-state index is 16.3. The van der Waals surface area contributed by atoms with Gasteiger partial charge < -0.3 is 38.6 Å². The second-order valence-electron chi connectivity index (χ2n) is 12.7. The zero-order valence-corrected chi connectivity index (χ0v) is 31.6. The summed E-state index contributed by atoms with van der Waals surface area (Å²) in [5, 5.41) is 0. The Balaban J connectivity index is 1.19. The van der Waals surface area contributed by atoms with Crippen molar-refractivity contribution in [2.24, 2.45) is 0 Å². The summed E-state index contributed by atoms with van der Waals surface area (Å²) in [6.07, 6.45) is -13.5. The predicted octanol–water partition coefficient (Wildman–Crippen LogP) is 2.68. The highest BCUT2D eigenvalue weighted by Gasteiger charge is 2.54. The molecule has 302 valence electrons. The summed E-state index contributed by atoms with van der Waals surface area (Å²) in [6, 6.07) is 6.82. The number of phosphoric ester groups is 1. The molecule has 2 unspecified atom stereocenters. The first-order valence-electron chi connectivity index (χ1n) is 16.6. The van der Waals surface area contributed by atoms with Crippen LogP contribution in [0.15, 0.2) is 58.8 Å². The van der Waals surface area contributed by atoms with E-state index in [1.807, 2.05) is 4.98 Å². The van der Waals surface area contributed by atoms with Gasteiger partial charge in [0.2, 0.25) is 0 Å². The summed E-state index contributed by atoms with van der Waals surface area (Å²) >= 11 is 0.547. The fourth-order valence-corrected chi connectivity index (χ4v) is 10.2. The summed E-state index contributed by atoms with van der Waals surface area (Å²) in [4.78, 5) is 63.4. The SMILES string of the molecule is CC(C)OC(=O)Oc1ccc(CSP2(=O)OC[C@H]3O[C@@H](n4cnc5c(N)ncnc54)[C@H](OP(=O)([O-])OC[C@H]4O[C@@H](n5ccc(=O)[nH]c5=O)[C@H](F)[C@@H]4O2)[C@@H]3F)cc1. The minimum absolute atomic E-state index is 0.0325. The van der Waals surface area contributed by atoms with E-state index in [4.69, 9.17) is 42.8 Å². The van der Waals surface area contributed by atoms with Gasteiger partial charge in [0.15, 0.2) is 36.3 Å². The summed E-state index contributed by atoms with van der Waals surface area (Å²) in [6.45, 7) is -3.26. The number of aromatic nitrogens is 6. The molecule has 3 N–H and O–H groups in total. The number of ether oxygens (including phenoxy) is 4. The average Bonchev–Trinajstić information content (AvgIpc) is 3.79. The van der Waals surface area contributed by atoms with Crippen LogP contribution in [0.5, 0.6) is 5.75 Å². The van der Waals surface area contributed by atoms with Crippen LogP contribution in [0, 0.1) is 0 Å². The van der Waals surface area contributed by atoms with E-state index >= 15 is 8.78 Å². The number of hydrogen-bond donors (Lipinski definition) is 2. The Labute approximate surface area is 317 Å². The van der Waals surface area contributed by atoms with Gasteiger partial charge in [-0.25, -0.2) is 37.9 Å². The number of hydrogen-bond acceptors (Lipinski definition) is 19. The molecule has 7 rings (SSSR count). The minimum atomic E-state index is -5.52. The van der Waals surface area contributed by atoms with Gasteiger partial charge in [-0.2, -0.15) is 0 Å². The maximum Gasteiger partial charge on any atom is 0.514 e. The second kappa shape index (κ2) is 16.0. The number of carbonyl (C=O) groups is 1. The van der Waals surface area contributed by atoms with Crippen molar-refractivity contribution in [1.82, 2.24) is 29.1 Å². The average molecular weight is 847 g/mol. The second-order valence-corrected chi connectivity index (χ2v) is 18.1. The molecule has 0 aliphatic carbocycles. The van der Waals surface area contributed by atoms with E-state index in [9.17, 15) is 28.4 Å².